The van der Waals surface area contributed by atoms with E-state index in [1.54, 1.807) is 0 Å². The van der Waals surface area contributed by atoms with E-state index >= 15 is 0 Å². The van der Waals surface area contributed by atoms with Crippen molar-refractivity contribution in [3.63, 3.8) is 0 Å². The van der Waals surface area contributed by atoms with Gasteiger partial charge >= 0.3 is 299 Å². The van der Waals surface area contributed by atoms with Crippen molar-refractivity contribution in [2.24, 2.45) is 0 Å². The van der Waals surface area contributed by atoms with Gasteiger partial charge in [-0.05, 0) is 0 Å². The van der Waals surface area contributed by atoms with Crippen LogP contribution in [-0.4, -0.2) is 120 Å². The van der Waals surface area contributed by atoms with Gasteiger partial charge in [-0.15, -0.1) is 0 Å². The van der Waals surface area contributed by atoms with Gasteiger partial charge < -0.3 is 0 Å². The number of benzene rings is 4. The molecule has 4 aromatic rings. The molecule has 0 radical (unpaired) electrons. The summed E-state index contributed by atoms with van der Waals surface area (Å²) in [5.41, 5.74) is 2.08. The first-order chi connectivity index (χ1) is 22.7. The third-order valence-electron chi connectivity index (χ3n) is 7.32. The molecular formula is C32H24O12Se4. The van der Waals surface area contributed by atoms with Crippen molar-refractivity contribution in [3.05, 3.63) is 93.0 Å². The van der Waals surface area contributed by atoms with E-state index in [2.05, 4.69) is 0 Å². The number of aromatic hydroxyl groups is 4. The van der Waals surface area contributed by atoms with Crippen LogP contribution in [-0.2, 0) is 25.7 Å². The Bertz CT molecular complexity index is 2010. The third kappa shape index (κ3) is 8.36. The SMILES string of the molecule is O=C(O)[Se]c1cc2c(O)c(c1)Cc1cc([Se]C(=O)O)cc(c1O)Cc1cc([Se]C(=O)O)cc(c1O)Cc1cc(O)c(cc1[Se]C(=O)O)C2. The molecule has 4 aromatic carbocycles. The van der Waals surface area contributed by atoms with Gasteiger partial charge in [0.2, 0.25) is 0 Å². The zero-order valence-electron chi connectivity index (χ0n) is 24.3. The molecule has 12 nitrogen and oxygen atoms in total. The average Bonchev–Trinajstić information content (AvgIpc) is 2.96. The first-order valence-electron chi connectivity index (χ1n) is 13.7. The van der Waals surface area contributed by atoms with Crippen LogP contribution in [0.3, 0.4) is 0 Å². The summed E-state index contributed by atoms with van der Waals surface area (Å²) in [6, 6.07) is 11.9. The number of hydrogen-bond donors (Lipinski definition) is 8. The van der Waals surface area contributed by atoms with Gasteiger partial charge in [-0.3, -0.25) is 0 Å². The van der Waals surface area contributed by atoms with Gasteiger partial charge in [-0.2, -0.15) is 0 Å². The van der Waals surface area contributed by atoms with E-state index in [0.717, 1.165) is 0 Å². The van der Waals surface area contributed by atoms with Crippen molar-refractivity contribution < 1.29 is 60.0 Å². The second-order valence-corrected chi connectivity index (χ2v) is 19.1. The van der Waals surface area contributed by atoms with E-state index in [-0.39, 0.29) is 87.6 Å². The van der Waals surface area contributed by atoms with E-state index in [4.69, 9.17) is 0 Å². The van der Waals surface area contributed by atoms with Crippen molar-refractivity contribution in [3.8, 4) is 23.0 Å². The number of phenols is 4. The van der Waals surface area contributed by atoms with Gasteiger partial charge in [-0.25, -0.2) is 0 Å². The molecule has 0 saturated heterocycles. The minimum atomic E-state index is -1.14. The number of carbonyl (C=O) groups is 4. The molecule has 16 heteroatoms. The Morgan fingerprint density at radius 3 is 1.00 bits per heavy atom. The molecule has 0 atom stereocenters. The Morgan fingerprint density at radius 1 is 0.396 bits per heavy atom. The Balaban J connectivity index is 1.82. The van der Waals surface area contributed by atoms with E-state index in [1.165, 1.54) is 48.5 Å². The summed E-state index contributed by atoms with van der Waals surface area (Å²) in [6.07, 6.45) is -0.461. The topological polar surface area (TPSA) is 230 Å². The molecule has 0 amide bonds. The monoisotopic (exact) mass is 920 g/mol. The molecule has 2 aliphatic carbocycles. The van der Waals surface area contributed by atoms with Gasteiger partial charge in [0.15, 0.2) is 0 Å². The van der Waals surface area contributed by atoms with Crippen LogP contribution in [0.4, 0.5) is 19.2 Å². The summed E-state index contributed by atoms with van der Waals surface area (Å²) in [5, 5.41) is 84.0. The van der Waals surface area contributed by atoms with E-state index in [9.17, 15) is 60.0 Å². The van der Waals surface area contributed by atoms with Crippen molar-refractivity contribution in [1.82, 2.24) is 0 Å². The molecule has 6 rings (SSSR count). The first kappa shape index (κ1) is 35.3. The summed E-state index contributed by atoms with van der Waals surface area (Å²) in [4.78, 5) is 42.7. The van der Waals surface area contributed by atoms with Crippen molar-refractivity contribution in [2.45, 2.75) is 25.7 Å². The Hall–Kier alpha value is -3.96. The predicted octanol–water partition coefficient (Wildman–Crippen LogP) is 1.22. The average molecular weight is 916 g/mol. The number of phenolic OH excluding ortho intramolecular Hbond substituents is 4. The first-order valence-corrected chi connectivity index (χ1v) is 20.5. The number of fused-ring (bicyclic) bond motifs is 2. The van der Waals surface area contributed by atoms with E-state index < -0.39 is 79.3 Å². The summed E-state index contributed by atoms with van der Waals surface area (Å²) in [7, 11) is 0. The zero-order valence-corrected chi connectivity index (χ0v) is 31.1. The molecular weight excluding hydrogens is 892 g/mol. The van der Waals surface area contributed by atoms with Crippen LogP contribution in [0.1, 0.15) is 44.5 Å². The zero-order chi connectivity index (χ0) is 34.9. The van der Waals surface area contributed by atoms with Crippen LogP contribution in [0.25, 0.3) is 0 Å². The van der Waals surface area contributed by atoms with Gasteiger partial charge in [-0.1, -0.05) is 0 Å². The quantitative estimate of drug-likeness (QED) is 0.103. The van der Waals surface area contributed by atoms with Crippen molar-refractivity contribution in [2.75, 3.05) is 0 Å². The second kappa shape index (κ2) is 14.7. The maximum atomic E-state index is 11.9. The number of hydrogen-bond acceptors (Lipinski definition) is 8. The predicted molar refractivity (Wildman–Crippen MR) is 177 cm³/mol. The summed E-state index contributed by atoms with van der Waals surface area (Å²) < 4.78 is 1.48. The van der Waals surface area contributed by atoms with Gasteiger partial charge in [0.25, 0.3) is 0 Å². The molecule has 8 bridgehead atoms. The van der Waals surface area contributed by atoms with Crippen molar-refractivity contribution in [1.29, 1.82) is 0 Å². The molecule has 8 N–H and O–H groups in total. The fraction of sp³-hybridized carbons (Fsp3) is 0.125. The second-order valence-electron chi connectivity index (χ2n) is 10.5. The van der Waals surface area contributed by atoms with Crippen LogP contribution in [0.5, 0.6) is 23.0 Å². The molecule has 0 aromatic heterocycles. The third-order valence-corrected chi connectivity index (χ3v) is 13.0. The Labute approximate surface area is 297 Å². The van der Waals surface area contributed by atoms with E-state index in [1.807, 2.05) is 0 Å². The van der Waals surface area contributed by atoms with E-state index in [0.29, 0.717) is 23.4 Å². The molecule has 0 spiro atoms. The molecule has 48 heavy (non-hydrogen) atoms. The van der Waals surface area contributed by atoms with Gasteiger partial charge in [0, 0.05) is 0 Å². The Morgan fingerprint density at radius 2 is 0.688 bits per heavy atom. The number of carboxylic acid groups (broad SMARTS) is 4. The normalized spacial score (nSPS) is 12.3. The molecule has 0 aliphatic heterocycles. The fourth-order valence-electron chi connectivity index (χ4n) is 5.42. The molecule has 0 fully saturated rings. The van der Waals surface area contributed by atoms with Gasteiger partial charge in [0.05, 0.1) is 0 Å². The Kier molecular flexibility index (Phi) is 10.8. The van der Waals surface area contributed by atoms with Crippen LogP contribution in [0, 0.1) is 0 Å². The molecule has 0 heterocycles. The van der Waals surface area contributed by atoms with Crippen molar-refractivity contribution >= 4 is 97.1 Å². The maximum absolute atomic E-state index is 11.9. The van der Waals surface area contributed by atoms with Gasteiger partial charge in [0.1, 0.15) is 0 Å². The van der Waals surface area contributed by atoms with Crippen LogP contribution < -0.4 is 17.8 Å². The fourth-order valence-corrected chi connectivity index (χ4v) is 10.6. The molecule has 248 valence electrons. The summed E-state index contributed by atoms with van der Waals surface area (Å²) in [6.45, 7) is 0. The summed E-state index contributed by atoms with van der Waals surface area (Å²) in [5.74, 6) is -0.949. The van der Waals surface area contributed by atoms with Crippen LogP contribution >= 0.6 is 0 Å². The molecule has 2 aliphatic rings. The minimum absolute atomic E-state index is 0.0774. The van der Waals surface area contributed by atoms with Crippen LogP contribution in [0.2, 0.25) is 0 Å². The molecule has 0 saturated carbocycles. The van der Waals surface area contributed by atoms with Crippen LogP contribution in [0.15, 0.2) is 48.5 Å². The summed E-state index contributed by atoms with van der Waals surface area (Å²) >= 11 is -4.37. The standard InChI is InChI=1S/C32H24O12Se4/c33-24-11-14-2-16-6-22(46-30(39)40)8-18(27(16)35)4-20-10-23(47-31(41)42)9-19(28(20)36)3-17-7-21(45-29(37)38)5-15(26(17)34)1-13(24)12-25(14)48-32(43)44/h5-12,33-36H,1-4H2,(H,37,38)(H,39,40)(H,41,42)(H,43,44). The number of rotatable bonds is 8. The molecule has 0 unspecified atom stereocenters.